The van der Waals surface area contributed by atoms with Crippen LogP contribution in [0.1, 0.15) is 0 Å². The van der Waals surface area contributed by atoms with Crippen molar-refractivity contribution < 1.29 is 0 Å². The van der Waals surface area contributed by atoms with Gasteiger partial charge in [0.05, 0.1) is 5.69 Å². The van der Waals surface area contributed by atoms with Crippen molar-refractivity contribution in [3.05, 3.63) is 103 Å². The summed E-state index contributed by atoms with van der Waals surface area (Å²) in [5, 5.41) is 10.2. The first-order valence-electron chi connectivity index (χ1n) is 10.5. The molecule has 7 aromatic rings. The minimum absolute atomic E-state index is 1.05. The first-order chi connectivity index (χ1) is 15.3. The van der Waals surface area contributed by atoms with Gasteiger partial charge in [-0.2, -0.15) is 0 Å². The van der Waals surface area contributed by atoms with Crippen LogP contribution in [0.4, 0.5) is 0 Å². The Hall–Kier alpha value is -3.75. The van der Waals surface area contributed by atoms with Gasteiger partial charge in [0, 0.05) is 37.3 Å². The highest BCUT2D eigenvalue weighted by Crippen LogP contribution is 2.39. The van der Waals surface area contributed by atoms with E-state index in [1.165, 1.54) is 58.1 Å². The van der Waals surface area contributed by atoms with Crippen LogP contribution >= 0.6 is 11.3 Å². The summed E-state index contributed by atoms with van der Waals surface area (Å²) in [4.78, 5) is 4.74. The van der Waals surface area contributed by atoms with Crippen LogP contribution in [-0.2, 0) is 0 Å². The standard InChI is InChI=1S/C29H17NS/c1-2-7-20-14-23-17-28-26(16-22(23)13-19(20)6-1)25-15-21(9-10-27(25)31-28)29-24-8-4-3-5-18(24)11-12-30-29/h1-17H. The molecule has 0 aliphatic carbocycles. The molecule has 0 fully saturated rings. The number of nitrogens with zero attached hydrogens (tertiary/aromatic N) is 1. The molecular weight excluding hydrogens is 394 g/mol. The van der Waals surface area contributed by atoms with E-state index in [0.29, 0.717) is 0 Å². The van der Waals surface area contributed by atoms with Gasteiger partial charge in [0.15, 0.2) is 0 Å². The number of aromatic nitrogens is 1. The lowest BCUT2D eigenvalue weighted by atomic mass is 9.99. The fourth-order valence-corrected chi connectivity index (χ4v) is 5.83. The van der Waals surface area contributed by atoms with Gasteiger partial charge in [-0.3, -0.25) is 4.98 Å². The fraction of sp³-hybridized carbons (Fsp3) is 0. The maximum Gasteiger partial charge on any atom is 0.0780 e. The molecule has 0 atom stereocenters. The van der Waals surface area contributed by atoms with Gasteiger partial charge in [0.25, 0.3) is 0 Å². The maximum atomic E-state index is 4.74. The van der Waals surface area contributed by atoms with Gasteiger partial charge in [-0.25, -0.2) is 0 Å². The van der Waals surface area contributed by atoms with E-state index >= 15 is 0 Å². The zero-order chi connectivity index (χ0) is 20.4. The zero-order valence-corrected chi connectivity index (χ0v) is 17.5. The Kier molecular flexibility index (Phi) is 3.49. The van der Waals surface area contributed by atoms with Gasteiger partial charge in [0.1, 0.15) is 0 Å². The van der Waals surface area contributed by atoms with Crippen molar-refractivity contribution in [2.24, 2.45) is 0 Å². The molecule has 0 aliphatic rings. The van der Waals surface area contributed by atoms with Crippen LogP contribution in [0.15, 0.2) is 103 Å². The molecule has 2 heterocycles. The summed E-state index contributed by atoms with van der Waals surface area (Å²) in [5.41, 5.74) is 2.22. The van der Waals surface area contributed by atoms with Crippen molar-refractivity contribution in [2.45, 2.75) is 0 Å². The predicted molar refractivity (Wildman–Crippen MR) is 135 cm³/mol. The Morgan fingerprint density at radius 1 is 0.484 bits per heavy atom. The zero-order valence-electron chi connectivity index (χ0n) is 16.7. The van der Waals surface area contributed by atoms with Crippen LogP contribution in [0.5, 0.6) is 0 Å². The molecular formula is C29H17NS. The molecule has 0 aliphatic heterocycles. The molecule has 5 aromatic carbocycles. The maximum absolute atomic E-state index is 4.74. The molecule has 144 valence electrons. The Labute approximate surface area is 183 Å². The monoisotopic (exact) mass is 411 g/mol. The summed E-state index contributed by atoms with van der Waals surface area (Å²) >= 11 is 1.87. The minimum Gasteiger partial charge on any atom is -0.256 e. The number of pyridine rings is 1. The molecule has 2 heteroatoms. The van der Waals surface area contributed by atoms with Gasteiger partial charge in [0.2, 0.25) is 0 Å². The molecule has 0 saturated heterocycles. The summed E-state index contributed by atoms with van der Waals surface area (Å²) in [5.74, 6) is 0. The number of benzene rings is 5. The third kappa shape index (κ3) is 2.59. The summed E-state index contributed by atoms with van der Waals surface area (Å²) < 4.78 is 2.65. The molecule has 2 aromatic heterocycles. The van der Waals surface area contributed by atoms with Crippen LogP contribution in [0.2, 0.25) is 0 Å². The highest BCUT2D eigenvalue weighted by molar-refractivity contribution is 7.25. The quantitative estimate of drug-likeness (QED) is 0.247. The van der Waals surface area contributed by atoms with Crippen LogP contribution in [0.3, 0.4) is 0 Å². The van der Waals surface area contributed by atoms with Crippen molar-refractivity contribution in [3.63, 3.8) is 0 Å². The molecule has 0 bridgehead atoms. The Morgan fingerprint density at radius 3 is 2.03 bits per heavy atom. The number of fused-ring (bicyclic) bond motifs is 6. The third-order valence-corrected chi connectivity index (χ3v) is 7.37. The van der Waals surface area contributed by atoms with E-state index in [0.717, 1.165) is 5.69 Å². The van der Waals surface area contributed by atoms with Crippen LogP contribution in [0.25, 0.3) is 63.7 Å². The van der Waals surface area contributed by atoms with Gasteiger partial charge in [-0.05, 0) is 69.4 Å². The Bertz CT molecular complexity index is 1790. The topological polar surface area (TPSA) is 12.9 Å². The molecule has 0 spiro atoms. The lowest BCUT2D eigenvalue weighted by molar-refractivity contribution is 1.36. The second-order valence-electron chi connectivity index (χ2n) is 8.09. The van der Waals surface area contributed by atoms with Crippen molar-refractivity contribution in [1.29, 1.82) is 0 Å². The molecule has 0 amide bonds. The van der Waals surface area contributed by atoms with Gasteiger partial charge in [-0.15, -0.1) is 11.3 Å². The van der Waals surface area contributed by atoms with E-state index in [1.807, 2.05) is 17.5 Å². The van der Waals surface area contributed by atoms with Crippen molar-refractivity contribution in [1.82, 2.24) is 4.98 Å². The molecule has 0 saturated carbocycles. The number of thiophene rings is 1. The van der Waals surface area contributed by atoms with Crippen molar-refractivity contribution in [3.8, 4) is 11.3 Å². The average Bonchev–Trinajstić information content (AvgIpc) is 3.17. The average molecular weight is 412 g/mol. The second kappa shape index (κ2) is 6.37. The molecule has 0 N–H and O–H groups in total. The normalized spacial score (nSPS) is 11.9. The third-order valence-electron chi connectivity index (χ3n) is 6.24. The van der Waals surface area contributed by atoms with Crippen LogP contribution in [0, 0.1) is 0 Å². The Balaban J connectivity index is 1.51. The van der Waals surface area contributed by atoms with Crippen LogP contribution in [-0.4, -0.2) is 4.98 Å². The lowest BCUT2D eigenvalue weighted by Gasteiger charge is -2.06. The number of hydrogen-bond acceptors (Lipinski definition) is 2. The van der Waals surface area contributed by atoms with E-state index in [4.69, 9.17) is 4.98 Å². The van der Waals surface area contributed by atoms with Crippen molar-refractivity contribution in [2.75, 3.05) is 0 Å². The van der Waals surface area contributed by atoms with E-state index in [2.05, 4.69) is 97.1 Å². The van der Waals surface area contributed by atoms with Crippen molar-refractivity contribution >= 4 is 63.8 Å². The second-order valence-corrected chi connectivity index (χ2v) is 9.17. The molecule has 0 radical (unpaired) electrons. The molecule has 7 rings (SSSR count). The smallest absolute Gasteiger partial charge is 0.0780 e. The SMILES string of the molecule is c1ccc2cc3cc4c(cc3cc2c1)sc1ccc(-c2nccc3ccccc23)cc14. The first-order valence-corrected chi connectivity index (χ1v) is 11.3. The van der Waals surface area contributed by atoms with E-state index in [-0.39, 0.29) is 0 Å². The summed E-state index contributed by atoms with van der Waals surface area (Å²) in [6, 6.07) is 35.2. The largest absolute Gasteiger partial charge is 0.256 e. The highest BCUT2D eigenvalue weighted by atomic mass is 32.1. The molecule has 31 heavy (non-hydrogen) atoms. The van der Waals surface area contributed by atoms with E-state index in [1.54, 1.807) is 0 Å². The van der Waals surface area contributed by atoms with Gasteiger partial charge < -0.3 is 0 Å². The van der Waals surface area contributed by atoms with E-state index < -0.39 is 0 Å². The fourth-order valence-electron chi connectivity index (χ4n) is 4.71. The first kappa shape index (κ1) is 17.0. The number of hydrogen-bond donors (Lipinski definition) is 0. The highest BCUT2D eigenvalue weighted by Gasteiger charge is 2.11. The van der Waals surface area contributed by atoms with Gasteiger partial charge in [-0.1, -0.05) is 54.6 Å². The lowest BCUT2D eigenvalue weighted by Crippen LogP contribution is -1.85. The van der Waals surface area contributed by atoms with Gasteiger partial charge >= 0.3 is 0 Å². The van der Waals surface area contributed by atoms with E-state index in [9.17, 15) is 0 Å². The summed E-state index contributed by atoms with van der Waals surface area (Å²) in [6.45, 7) is 0. The number of rotatable bonds is 1. The summed E-state index contributed by atoms with van der Waals surface area (Å²) in [7, 11) is 0. The van der Waals surface area contributed by atoms with Crippen LogP contribution < -0.4 is 0 Å². The summed E-state index contributed by atoms with van der Waals surface area (Å²) in [6.07, 6.45) is 1.91. The minimum atomic E-state index is 1.05. The molecule has 1 nitrogen and oxygen atoms in total. The Morgan fingerprint density at radius 2 is 1.19 bits per heavy atom. The predicted octanol–water partition coefficient (Wildman–Crippen LogP) is 8.58. The molecule has 0 unspecified atom stereocenters.